The van der Waals surface area contributed by atoms with Crippen LogP contribution in [0.5, 0.6) is 5.75 Å². The minimum absolute atomic E-state index is 0.00720. The van der Waals surface area contributed by atoms with Crippen molar-refractivity contribution >= 4 is 16.8 Å². The summed E-state index contributed by atoms with van der Waals surface area (Å²) in [6.45, 7) is 4.84. The van der Waals surface area contributed by atoms with Crippen molar-refractivity contribution < 1.29 is 9.84 Å². The van der Waals surface area contributed by atoms with Gasteiger partial charge in [-0.2, -0.15) is 0 Å². The molecule has 0 aromatic heterocycles. The molecule has 0 saturated carbocycles. The van der Waals surface area contributed by atoms with Gasteiger partial charge in [0.25, 0.3) is 0 Å². The molecule has 0 bridgehead atoms. The molecule has 1 aliphatic carbocycles. The van der Waals surface area contributed by atoms with Crippen LogP contribution in [0.25, 0.3) is 28.0 Å². The highest BCUT2D eigenvalue weighted by molar-refractivity contribution is 6.01. The Morgan fingerprint density at radius 3 is 2.69 bits per heavy atom. The van der Waals surface area contributed by atoms with Crippen LogP contribution in [-0.2, 0) is 6.42 Å². The van der Waals surface area contributed by atoms with E-state index in [0.29, 0.717) is 6.61 Å². The molecule has 2 nitrogen and oxygen atoms in total. The van der Waals surface area contributed by atoms with E-state index >= 15 is 0 Å². The summed E-state index contributed by atoms with van der Waals surface area (Å²) in [6.07, 6.45) is 5.59. The van der Waals surface area contributed by atoms with Gasteiger partial charge in [-0.1, -0.05) is 74.5 Å². The Morgan fingerprint density at radius 2 is 1.85 bits per heavy atom. The molecule has 0 amide bonds. The van der Waals surface area contributed by atoms with Gasteiger partial charge in [0.1, 0.15) is 12.4 Å². The average Bonchev–Trinajstić information content (AvgIpc) is 2.64. The van der Waals surface area contributed by atoms with Crippen molar-refractivity contribution in [2.45, 2.75) is 20.3 Å². The third-order valence-corrected chi connectivity index (χ3v) is 5.05. The first-order valence-electron chi connectivity index (χ1n) is 9.16. The largest absolute Gasteiger partial charge is 0.491 e. The summed E-state index contributed by atoms with van der Waals surface area (Å²) >= 11 is 0. The lowest BCUT2D eigenvalue weighted by Crippen LogP contribution is -2.16. The Labute approximate surface area is 154 Å². The molecule has 4 rings (SSSR count). The van der Waals surface area contributed by atoms with E-state index in [2.05, 4.69) is 74.5 Å². The van der Waals surface area contributed by atoms with Crippen LogP contribution >= 0.6 is 0 Å². The van der Waals surface area contributed by atoms with E-state index in [1.807, 2.05) is 6.07 Å². The first-order valence-corrected chi connectivity index (χ1v) is 9.16. The summed E-state index contributed by atoms with van der Waals surface area (Å²) < 4.78 is 5.91. The van der Waals surface area contributed by atoms with Gasteiger partial charge in [0.2, 0.25) is 0 Å². The van der Waals surface area contributed by atoms with Crippen molar-refractivity contribution in [1.82, 2.24) is 0 Å². The Morgan fingerprint density at radius 1 is 1.00 bits per heavy atom. The third-order valence-electron chi connectivity index (χ3n) is 5.05. The van der Waals surface area contributed by atoms with Crippen LogP contribution < -0.4 is 4.74 Å². The normalized spacial score (nSPS) is 15.0. The zero-order valence-electron chi connectivity index (χ0n) is 15.3. The number of allylic oxidation sites excluding steroid dienone is 1. The zero-order chi connectivity index (χ0) is 18.1. The highest BCUT2D eigenvalue weighted by Gasteiger charge is 2.23. The third kappa shape index (κ3) is 3.02. The van der Waals surface area contributed by atoms with Crippen LogP contribution in [0.2, 0.25) is 0 Å². The number of aliphatic hydroxyl groups excluding tert-OH is 1. The Bertz CT molecular complexity index is 983. The fourth-order valence-electron chi connectivity index (χ4n) is 3.85. The molecular weight excluding hydrogens is 320 g/mol. The van der Waals surface area contributed by atoms with E-state index in [1.165, 1.54) is 27.5 Å². The molecule has 0 saturated heterocycles. The molecule has 0 radical (unpaired) electrons. The summed E-state index contributed by atoms with van der Waals surface area (Å²) in [5.74, 6) is 0.824. The molecule has 2 heteroatoms. The Kier molecular flexibility index (Phi) is 4.29. The molecule has 0 unspecified atom stereocenters. The van der Waals surface area contributed by atoms with E-state index in [0.717, 1.165) is 17.7 Å². The Hall–Kier alpha value is -2.58. The lowest BCUT2D eigenvalue weighted by molar-refractivity contribution is 0.202. The van der Waals surface area contributed by atoms with Gasteiger partial charge < -0.3 is 9.84 Å². The molecule has 3 aromatic carbocycles. The van der Waals surface area contributed by atoms with Crippen molar-refractivity contribution in [2.75, 3.05) is 13.2 Å². The second-order valence-electron chi connectivity index (χ2n) is 7.61. The highest BCUT2D eigenvalue weighted by Crippen LogP contribution is 2.43. The van der Waals surface area contributed by atoms with E-state index in [4.69, 9.17) is 4.74 Å². The van der Waals surface area contributed by atoms with Crippen molar-refractivity contribution in [3.63, 3.8) is 0 Å². The molecule has 1 N–H and O–H groups in total. The molecule has 0 spiro atoms. The summed E-state index contributed by atoms with van der Waals surface area (Å²) in [6, 6.07) is 19.0. The van der Waals surface area contributed by atoms with Crippen LogP contribution in [0.15, 0.2) is 60.7 Å². The van der Waals surface area contributed by atoms with E-state index in [9.17, 15) is 5.11 Å². The van der Waals surface area contributed by atoms with Gasteiger partial charge in [0.15, 0.2) is 0 Å². The number of hydrogen-bond acceptors (Lipinski definition) is 2. The van der Waals surface area contributed by atoms with Crippen molar-refractivity contribution in [1.29, 1.82) is 0 Å². The Balaban J connectivity index is 1.97. The fraction of sp³-hybridized carbons (Fsp3) is 0.250. The maximum absolute atomic E-state index is 9.22. The predicted octanol–water partition coefficient (Wildman–Crippen LogP) is 5.47. The van der Waals surface area contributed by atoms with Crippen molar-refractivity contribution in [3.05, 3.63) is 71.8 Å². The summed E-state index contributed by atoms with van der Waals surface area (Å²) in [4.78, 5) is 0. The van der Waals surface area contributed by atoms with Crippen LogP contribution in [0.1, 0.15) is 25.0 Å². The van der Waals surface area contributed by atoms with Crippen molar-refractivity contribution in [2.24, 2.45) is 5.41 Å². The smallest absolute Gasteiger partial charge is 0.127 e. The zero-order valence-corrected chi connectivity index (χ0v) is 15.3. The second-order valence-corrected chi connectivity index (χ2v) is 7.61. The number of benzene rings is 3. The second kappa shape index (κ2) is 6.62. The van der Waals surface area contributed by atoms with Gasteiger partial charge in [-0.25, -0.2) is 0 Å². The minimum Gasteiger partial charge on any atom is -0.491 e. The standard InChI is InChI=1S/C24H24O2/c1-24(2)13-12-19-18(16-24)7-5-9-21(19)23-20-8-4-3-6-17(20)10-11-22(23)26-15-14-25/h3-13,25H,14-16H2,1-2H3. The van der Waals surface area contributed by atoms with Gasteiger partial charge in [0.05, 0.1) is 6.61 Å². The molecular formula is C24H24O2. The summed E-state index contributed by atoms with van der Waals surface area (Å²) in [5, 5.41) is 11.6. The molecule has 0 atom stereocenters. The average molecular weight is 344 g/mol. The monoisotopic (exact) mass is 344 g/mol. The van der Waals surface area contributed by atoms with E-state index < -0.39 is 0 Å². The van der Waals surface area contributed by atoms with Crippen LogP contribution in [0.4, 0.5) is 0 Å². The van der Waals surface area contributed by atoms with Gasteiger partial charge in [-0.3, -0.25) is 0 Å². The van der Waals surface area contributed by atoms with E-state index in [-0.39, 0.29) is 12.0 Å². The fourth-order valence-corrected chi connectivity index (χ4v) is 3.85. The number of hydrogen-bond donors (Lipinski definition) is 1. The lowest BCUT2D eigenvalue weighted by atomic mass is 9.77. The molecule has 1 aliphatic rings. The van der Waals surface area contributed by atoms with Gasteiger partial charge in [-0.05, 0) is 45.4 Å². The molecule has 0 fully saturated rings. The quantitative estimate of drug-likeness (QED) is 0.680. The summed E-state index contributed by atoms with van der Waals surface area (Å²) in [7, 11) is 0. The molecule has 132 valence electrons. The van der Waals surface area contributed by atoms with Gasteiger partial charge >= 0.3 is 0 Å². The maximum atomic E-state index is 9.22. The maximum Gasteiger partial charge on any atom is 0.127 e. The number of fused-ring (bicyclic) bond motifs is 2. The topological polar surface area (TPSA) is 29.5 Å². The highest BCUT2D eigenvalue weighted by atomic mass is 16.5. The molecule has 3 aromatic rings. The minimum atomic E-state index is 0.00720. The SMILES string of the molecule is CC1(C)C=Cc2c(cccc2-c2c(OCCO)ccc3ccccc23)C1. The summed E-state index contributed by atoms with van der Waals surface area (Å²) in [5.41, 5.74) is 5.13. The van der Waals surface area contributed by atoms with Gasteiger partial charge in [-0.15, -0.1) is 0 Å². The van der Waals surface area contributed by atoms with Crippen molar-refractivity contribution in [3.8, 4) is 16.9 Å². The lowest BCUT2D eigenvalue weighted by Gasteiger charge is -2.28. The first kappa shape index (κ1) is 16.9. The van der Waals surface area contributed by atoms with Crippen LogP contribution in [0, 0.1) is 5.41 Å². The number of aliphatic hydroxyl groups is 1. The van der Waals surface area contributed by atoms with Gasteiger partial charge in [0, 0.05) is 5.56 Å². The predicted molar refractivity (Wildman–Crippen MR) is 108 cm³/mol. The number of ether oxygens (including phenoxy) is 1. The van der Waals surface area contributed by atoms with E-state index in [1.54, 1.807) is 0 Å². The van der Waals surface area contributed by atoms with Crippen LogP contribution in [-0.4, -0.2) is 18.3 Å². The first-order chi connectivity index (χ1) is 12.6. The van der Waals surface area contributed by atoms with Crippen LogP contribution in [0.3, 0.4) is 0 Å². The number of rotatable bonds is 4. The molecule has 0 heterocycles. The molecule has 26 heavy (non-hydrogen) atoms. The molecule has 0 aliphatic heterocycles.